The van der Waals surface area contributed by atoms with Crippen molar-refractivity contribution < 1.29 is 13.9 Å². The molecule has 0 saturated carbocycles. The smallest absolute Gasteiger partial charge is 0.318 e. The van der Waals surface area contributed by atoms with Gasteiger partial charge in [-0.05, 0) is 38.1 Å². The summed E-state index contributed by atoms with van der Waals surface area (Å²) in [6.07, 6.45) is 2.36. The molecule has 2 heterocycles. The van der Waals surface area contributed by atoms with Crippen LogP contribution >= 0.6 is 0 Å². The molecule has 22 heavy (non-hydrogen) atoms. The molecule has 1 aromatic heterocycles. The van der Waals surface area contributed by atoms with Crippen LogP contribution in [0.3, 0.4) is 0 Å². The van der Waals surface area contributed by atoms with E-state index in [1.54, 1.807) is 10.9 Å². The molecule has 1 aliphatic rings. The van der Waals surface area contributed by atoms with E-state index >= 15 is 0 Å². The van der Waals surface area contributed by atoms with Gasteiger partial charge in [0, 0.05) is 11.5 Å². The number of benzene rings is 1. The van der Waals surface area contributed by atoms with Crippen LogP contribution in [-0.2, 0) is 14.9 Å². The minimum absolute atomic E-state index is 0.343. The molecule has 1 fully saturated rings. The maximum absolute atomic E-state index is 13.4. The lowest BCUT2D eigenvalue weighted by Gasteiger charge is -2.38. The summed E-state index contributed by atoms with van der Waals surface area (Å²) in [7, 11) is 7.17. The van der Waals surface area contributed by atoms with Gasteiger partial charge in [0.2, 0.25) is 0 Å². The number of aromatic nitrogens is 2. The Morgan fingerprint density at radius 1 is 1.36 bits per heavy atom. The number of hydrogen-bond donors (Lipinski definition) is 0. The van der Waals surface area contributed by atoms with E-state index < -0.39 is 5.41 Å². The van der Waals surface area contributed by atoms with Crippen molar-refractivity contribution in [2.75, 3.05) is 20.2 Å². The normalized spacial score (nSPS) is 18.3. The molecule has 1 aromatic carbocycles. The third-order valence-electron chi connectivity index (χ3n) is 4.28. The highest BCUT2D eigenvalue weighted by Gasteiger charge is 2.45. The second-order valence-corrected chi connectivity index (χ2v) is 5.49. The number of ether oxygens (including phenoxy) is 1. The van der Waals surface area contributed by atoms with Gasteiger partial charge in [-0.1, -0.05) is 0 Å². The zero-order valence-electron chi connectivity index (χ0n) is 12.3. The van der Waals surface area contributed by atoms with Crippen LogP contribution in [0.1, 0.15) is 18.5 Å². The summed E-state index contributed by atoms with van der Waals surface area (Å²) in [5.74, 6) is -0.717. The average Bonchev–Trinajstić information content (AvgIpc) is 2.54. The van der Waals surface area contributed by atoms with E-state index in [0.717, 1.165) is 0 Å². The molecule has 0 aliphatic carbocycles. The van der Waals surface area contributed by atoms with Crippen molar-refractivity contribution >= 4 is 24.9 Å². The first-order valence-electron chi connectivity index (χ1n) is 7.05. The zero-order valence-corrected chi connectivity index (χ0v) is 12.3. The Balaban J connectivity index is 2.18. The minimum atomic E-state index is -0.871. The number of carbonyl (C=O) groups is 1. The van der Waals surface area contributed by atoms with Crippen LogP contribution in [0.5, 0.6) is 0 Å². The summed E-state index contributed by atoms with van der Waals surface area (Å²) in [5.41, 5.74) is 0.185. The molecule has 0 N–H and O–H groups in total. The van der Waals surface area contributed by atoms with E-state index in [0.29, 0.717) is 42.5 Å². The van der Waals surface area contributed by atoms with E-state index in [1.165, 1.54) is 25.6 Å². The van der Waals surface area contributed by atoms with Crippen LogP contribution in [0, 0.1) is 5.82 Å². The summed E-state index contributed by atoms with van der Waals surface area (Å²) < 4.78 is 18.4. The fourth-order valence-electron chi connectivity index (χ4n) is 3.05. The van der Waals surface area contributed by atoms with Crippen molar-refractivity contribution in [3.05, 3.63) is 36.0 Å². The highest BCUT2D eigenvalue weighted by molar-refractivity contribution is 6.04. The lowest BCUT2D eigenvalue weighted by atomic mass is 9.73. The first-order valence-corrected chi connectivity index (χ1v) is 7.05. The Morgan fingerprint density at radius 3 is 2.77 bits per heavy atom. The van der Waals surface area contributed by atoms with Crippen molar-refractivity contribution in [3.63, 3.8) is 0 Å². The minimum Gasteiger partial charge on any atom is -0.468 e. The summed E-state index contributed by atoms with van der Waals surface area (Å²) >= 11 is 0. The Labute approximate surface area is 128 Å². The molecule has 0 bridgehead atoms. The second-order valence-electron chi connectivity index (χ2n) is 5.49. The molecular weight excluding hydrogens is 284 g/mol. The van der Waals surface area contributed by atoms with Gasteiger partial charge >= 0.3 is 5.97 Å². The van der Waals surface area contributed by atoms with Crippen LogP contribution in [0.2, 0.25) is 0 Å². The van der Waals surface area contributed by atoms with Gasteiger partial charge in [-0.2, -0.15) is 0 Å². The molecule has 5 nitrogen and oxygen atoms in total. The zero-order chi connectivity index (χ0) is 15.7. The maximum atomic E-state index is 13.4. The summed E-state index contributed by atoms with van der Waals surface area (Å²) in [6, 6.07) is 4.29. The number of carbonyl (C=O) groups excluding carboxylic acids is 1. The van der Waals surface area contributed by atoms with E-state index in [4.69, 9.17) is 12.7 Å². The highest BCUT2D eigenvalue weighted by atomic mass is 19.1. The van der Waals surface area contributed by atoms with Gasteiger partial charge in [0.15, 0.2) is 7.98 Å². The van der Waals surface area contributed by atoms with E-state index in [2.05, 4.69) is 9.97 Å². The number of rotatable bonds is 2. The molecule has 0 amide bonds. The SMILES string of the molecule is [B]N1CCC(C(=O)OC)(c2ncnc3cc(F)ccc23)CC1. The summed E-state index contributed by atoms with van der Waals surface area (Å²) in [6.45, 7) is 1.11. The standard InChI is InChI=1S/C15H15BFN3O2/c1-22-14(21)15(4-6-20(16)7-5-15)13-11-3-2-10(17)8-12(11)18-9-19-13/h2-3,8-9H,4-7H2,1H3. The van der Waals surface area contributed by atoms with Crippen LogP contribution in [0.15, 0.2) is 24.5 Å². The van der Waals surface area contributed by atoms with Gasteiger partial charge in [-0.25, -0.2) is 14.4 Å². The number of piperidine rings is 1. The Hall–Kier alpha value is -2.02. The molecule has 2 aromatic rings. The van der Waals surface area contributed by atoms with Crippen LogP contribution < -0.4 is 0 Å². The van der Waals surface area contributed by atoms with Gasteiger partial charge in [-0.3, -0.25) is 4.79 Å². The molecule has 0 unspecified atom stereocenters. The molecule has 7 heteroatoms. The highest BCUT2D eigenvalue weighted by Crippen LogP contribution is 2.38. The first kappa shape index (κ1) is 14.9. The Morgan fingerprint density at radius 2 is 2.09 bits per heavy atom. The van der Waals surface area contributed by atoms with Gasteiger partial charge in [0.25, 0.3) is 0 Å². The van der Waals surface area contributed by atoms with Gasteiger partial charge < -0.3 is 9.55 Å². The fourth-order valence-corrected chi connectivity index (χ4v) is 3.05. The lowest BCUT2D eigenvalue weighted by Crippen LogP contribution is -2.47. The third kappa shape index (κ3) is 2.35. The quantitative estimate of drug-likeness (QED) is 0.619. The van der Waals surface area contributed by atoms with Crippen molar-refractivity contribution in [1.82, 2.24) is 14.8 Å². The van der Waals surface area contributed by atoms with E-state index in [1.807, 2.05) is 0 Å². The predicted molar refractivity (Wildman–Crippen MR) is 79.8 cm³/mol. The first-order chi connectivity index (χ1) is 10.6. The number of methoxy groups -OCH3 is 1. The van der Waals surface area contributed by atoms with E-state index in [-0.39, 0.29) is 11.8 Å². The average molecular weight is 299 g/mol. The van der Waals surface area contributed by atoms with Crippen molar-refractivity contribution in [2.45, 2.75) is 18.3 Å². The topological polar surface area (TPSA) is 55.3 Å². The fraction of sp³-hybridized carbons (Fsp3) is 0.400. The third-order valence-corrected chi connectivity index (χ3v) is 4.28. The lowest BCUT2D eigenvalue weighted by molar-refractivity contribution is -0.149. The summed E-state index contributed by atoms with van der Waals surface area (Å²) in [5, 5.41) is 0.666. The van der Waals surface area contributed by atoms with Crippen molar-refractivity contribution in [1.29, 1.82) is 0 Å². The maximum Gasteiger partial charge on any atom is 0.318 e. The predicted octanol–water partition coefficient (Wildman–Crippen LogP) is 1.36. The Kier molecular flexibility index (Phi) is 3.82. The number of hydrogen-bond acceptors (Lipinski definition) is 5. The van der Waals surface area contributed by atoms with Crippen LogP contribution in [0.25, 0.3) is 10.9 Å². The molecule has 0 atom stereocenters. The van der Waals surface area contributed by atoms with Crippen molar-refractivity contribution in [2.24, 2.45) is 0 Å². The Bertz CT molecular complexity index is 717. The molecule has 112 valence electrons. The molecule has 2 radical (unpaired) electrons. The van der Waals surface area contributed by atoms with Crippen LogP contribution in [-0.4, -0.2) is 48.9 Å². The van der Waals surface area contributed by atoms with Crippen LogP contribution in [0.4, 0.5) is 4.39 Å². The number of esters is 1. The second kappa shape index (κ2) is 5.64. The molecule has 3 rings (SSSR count). The number of halogens is 1. The van der Waals surface area contributed by atoms with Crippen molar-refractivity contribution in [3.8, 4) is 0 Å². The number of nitrogens with zero attached hydrogens (tertiary/aromatic N) is 3. The molecular formula is C15H15BFN3O2. The van der Waals surface area contributed by atoms with E-state index in [9.17, 15) is 9.18 Å². The summed E-state index contributed by atoms with van der Waals surface area (Å²) in [4.78, 5) is 22.6. The molecule has 1 saturated heterocycles. The van der Waals surface area contributed by atoms with Gasteiger partial charge in [0.05, 0.1) is 18.3 Å². The molecule has 0 spiro atoms. The largest absolute Gasteiger partial charge is 0.468 e. The van der Waals surface area contributed by atoms with Gasteiger partial charge in [0.1, 0.15) is 17.6 Å². The molecule has 1 aliphatic heterocycles. The monoisotopic (exact) mass is 299 g/mol. The number of fused-ring (bicyclic) bond motifs is 1. The van der Waals surface area contributed by atoms with Gasteiger partial charge in [-0.15, -0.1) is 0 Å².